The number of terminal acetylenes is 1. The van der Waals surface area contributed by atoms with Crippen molar-refractivity contribution in [2.24, 2.45) is 0 Å². The van der Waals surface area contributed by atoms with Crippen LogP contribution in [0, 0.1) is 24.0 Å². The number of nitrogens with zero attached hydrogens (tertiary/aromatic N) is 16. The highest BCUT2D eigenvalue weighted by Crippen LogP contribution is 2.44. The van der Waals surface area contributed by atoms with Crippen molar-refractivity contribution < 1.29 is 56.4 Å². The average Bonchev–Trinajstić information content (AvgIpc) is 1.61. The molecule has 16 heterocycles. The second-order valence-corrected chi connectivity index (χ2v) is 28.9. The van der Waals surface area contributed by atoms with Gasteiger partial charge in [-0.2, -0.15) is 38.5 Å². The van der Waals surface area contributed by atoms with Gasteiger partial charge >= 0.3 is 0 Å². The number of carbonyl (C=O) groups excluding carboxylic acids is 4. The van der Waals surface area contributed by atoms with Gasteiger partial charge in [0.2, 0.25) is 23.6 Å². The molecule has 638 valence electrons. The first-order valence-electron chi connectivity index (χ1n) is 40.8. The lowest BCUT2D eigenvalue weighted by molar-refractivity contribution is -0.117. The highest BCUT2D eigenvalue weighted by atomic mass is 19.1. The molecule has 4 amide bonds. The van der Waals surface area contributed by atoms with Crippen LogP contribution < -0.4 is 72.1 Å². The number of fused-ring (bicyclic) bond motifs is 8. The number of hydrogen-bond acceptors (Lipinski definition) is 26. The minimum Gasteiger partial charge on any atom is -0.486 e. The number of pyridine rings is 2. The van der Waals surface area contributed by atoms with Crippen LogP contribution in [0.5, 0.6) is 23.0 Å². The zero-order valence-electron chi connectivity index (χ0n) is 68.9. The molecule has 0 saturated carbocycles. The molecule has 0 radical (unpaired) electrons. The summed E-state index contributed by atoms with van der Waals surface area (Å²) < 4.78 is 73.4. The van der Waals surface area contributed by atoms with E-state index in [1.807, 2.05) is 71.5 Å². The highest BCUT2D eigenvalue weighted by Gasteiger charge is 2.29. The third-order valence-corrected chi connectivity index (χ3v) is 20.7. The van der Waals surface area contributed by atoms with Gasteiger partial charge in [0.15, 0.2) is 57.2 Å². The summed E-state index contributed by atoms with van der Waals surface area (Å²) >= 11 is 0. The van der Waals surface area contributed by atoms with E-state index in [-0.39, 0.29) is 47.2 Å². The molecule has 18 rings (SSSR count). The smallest absolute Gasteiger partial charge is 0.225 e. The quantitative estimate of drug-likeness (QED) is 0.0251. The van der Waals surface area contributed by atoms with Gasteiger partial charge in [0.05, 0.1) is 36.2 Å². The van der Waals surface area contributed by atoms with Crippen molar-refractivity contribution in [3.63, 3.8) is 0 Å². The van der Waals surface area contributed by atoms with Crippen LogP contribution in [0.15, 0.2) is 122 Å². The Morgan fingerprint density at radius 3 is 1.15 bits per heavy atom. The number of carbonyl (C=O) groups is 4. The molecule has 2 fully saturated rings. The molecule has 2 saturated heterocycles. The molecule has 36 nitrogen and oxygen atoms in total. The number of rotatable bonds is 24. The van der Waals surface area contributed by atoms with Crippen molar-refractivity contribution in [2.45, 2.75) is 110 Å². The van der Waals surface area contributed by atoms with Crippen LogP contribution in [0.4, 0.5) is 77.8 Å². The van der Waals surface area contributed by atoms with Gasteiger partial charge in [0.25, 0.3) is 0 Å². The Bertz CT molecular complexity index is 6060. The third-order valence-electron chi connectivity index (χ3n) is 20.7. The minimum atomic E-state index is -0.511. The number of nitrogens with one attached hydrogen (secondary N) is 10. The van der Waals surface area contributed by atoms with Gasteiger partial charge in [-0.05, 0) is 93.5 Å². The van der Waals surface area contributed by atoms with E-state index in [9.17, 15) is 28.0 Å². The third kappa shape index (κ3) is 18.2. The first-order chi connectivity index (χ1) is 60.1. The Labute approximate surface area is 703 Å². The maximum Gasteiger partial charge on any atom is 0.225 e. The monoisotopic (exact) mass is 1680 g/mol. The SMILES string of the molecule is C#CCCC(=O)Nc1cnn2c(NC)cc(Nc3c(F)ccc4c3OCCO4)nc12.CCCC(=O)Nc1cnn2c(NC)cc(-c3cn(C4CCOCC4)c4ncccc34)nc12.CCCC(=O)Nc1cnn2c(NC)cc(-c3cn(C4CCOCC4)c4ncccc34)nc12.CCCC(=O)Nc1cnn2c(NC)cc(Nc3c(F)ccc4c3OCCO4)nc12. The molecule has 14 aromatic rings. The molecule has 4 aliphatic rings. The van der Waals surface area contributed by atoms with Crippen molar-refractivity contribution in [1.82, 2.24) is 77.5 Å². The normalized spacial score (nSPS) is 13.7. The Hall–Kier alpha value is -14.5. The van der Waals surface area contributed by atoms with E-state index in [1.54, 1.807) is 52.2 Å². The summed E-state index contributed by atoms with van der Waals surface area (Å²) in [5.74, 6) is 5.91. The highest BCUT2D eigenvalue weighted by molar-refractivity contribution is 6.00. The van der Waals surface area contributed by atoms with E-state index in [2.05, 4.69) is 133 Å². The standard InChI is InChI=1S/2C23H27N7O2.C20H19FN6O3.C19H21FN6O3/c2*1-3-5-21(31)27-19-13-26-30-20(24-2)12-18(28-23(19)30)17-14-29(15-7-10-32-11-8-15)22-16(17)6-4-9-25-22;1-3-4-5-17(28)24-13-11-23-27-16(22-2)10-15(26-20(13)27)25-18-12(21)6-7-14-19(18)30-9-8-29-14;1-3-4-16(27)23-12-10-22-26-15(21-2)9-14(25-19(12)26)24-17-11(20)5-6-13-18(17)29-8-7-28-13/h2*4,6,9,12-15,24H,3,5,7-8,10-11H2,1-2H3,(H,27,31);1,6-7,10-11,22H,4-5,8-9H2,2H3,(H,24,28)(H,25,26);5-6,9-10,21H,3-4,7-8H2,1-2H3,(H,23,27)(H,24,25). The summed E-state index contributed by atoms with van der Waals surface area (Å²) in [6.07, 6.45) is 27.4. The molecule has 0 bridgehead atoms. The Morgan fingerprint density at radius 1 is 0.447 bits per heavy atom. The number of aromatic nitrogens is 16. The first kappa shape index (κ1) is 83.6. The lowest BCUT2D eigenvalue weighted by atomic mass is 10.1. The largest absolute Gasteiger partial charge is 0.486 e. The van der Waals surface area contributed by atoms with Crippen LogP contribution >= 0.6 is 0 Å². The second-order valence-electron chi connectivity index (χ2n) is 28.9. The van der Waals surface area contributed by atoms with Crippen LogP contribution in [-0.2, 0) is 28.7 Å². The van der Waals surface area contributed by atoms with E-state index in [1.165, 1.54) is 41.2 Å². The Kier molecular flexibility index (Phi) is 26.0. The molecule has 0 atom stereocenters. The maximum absolute atomic E-state index is 14.5. The van der Waals surface area contributed by atoms with Crippen molar-refractivity contribution >= 4 is 137 Å². The second kappa shape index (κ2) is 38.3. The van der Waals surface area contributed by atoms with E-state index in [0.29, 0.717) is 150 Å². The van der Waals surface area contributed by atoms with Crippen LogP contribution in [0.3, 0.4) is 0 Å². The summed E-state index contributed by atoms with van der Waals surface area (Å²) in [7, 11) is 7.15. The van der Waals surface area contributed by atoms with E-state index >= 15 is 0 Å². The van der Waals surface area contributed by atoms with Crippen LogP contribution in [0.2, 0.25) is 0 Å². The predicted molar refractivity (Wildman–Crippen MR) is 464 cm³/mol. The molecule has 0 spiro atoms. The molecule has 0 aliphatic carbocycles. The lowest BCUT2D eigenvalue weighted by Gasteiger charge is -2.24. The van der Waals surface area contributed by atoms with Gasteiger partial charge in [-0.3, -0.25) is 19.2 Å². The molecular weight excluding hydrogens is 1580 g/mol. The molecular formula is C85H94F2N26O10. The summed E-state index contributed by atoms with van der Waals surface area (Å²) in [6.45, 7) is 10.4. The lowest BCUT2D eigenvalue weighted by Crippen LogP contribution is -2.19. The van der Waals surface area contributed by atoms with Gasteiger partial charge in [-0.1, -0.05) is 20.8 Å². The molecule has 38 heteroatoms. The van der Waals surface area contributed by atoms with Crippen LogP contribution in [0.1, 0.15) is 110 Å². The molecule has 12 aromatic heterocycles. The number of benzene rings is 2. The van der Waals surface area contributed by atoms with Crippen LogP contribution in [-0.4, -0.2) is 182 Å². The Balaban J connectivity index is 0.000000127. The van der Waals surface area contributed by atoms with Gasteiger partial charge in [-0.15, -0.1) is 12.3 Å². The van der Waals surface area contributed by atoms with Crippen molar-refractivity contribution in [3.8, 4) is 57.9 Å². The van der Waals surface area contributed by atoms with E-state index < -0.39 is 11.6 Å². The van der Waals surface area contributed by atoms with Crippen LogP contribution in [0.25, 0.3) is 67.2 Å². The molecule has 123 heavy (non-hydrogen) atoms. The molecule has 10 N–H and O–H groups in total. The topological polar surface area (TPSA) is 400 Å². The fourth-order valence-electron chi connectivity index (χ4n) is 14.8. The number of ether oxygens (including phenoxy) is 6. The summed E-state index contributed by atoms with van der Waals surface area (Å²) in [4.78, 5) is 76.7. The number of halogens is 2. The number of anilines is 12. The summed E-state index contributed by atoms with van der Waals surface area (Å²) in [5, 5.41) is 49.3. The zero-order valence-corrected chi connectivity index (χ0v) is 68.9. The van der Waals surface area contributed by atoms with E-state index in [0.717, 1.165) is 128 Å². The molecule has 4 aliphatic heterocycles. The van der Waals surface area contributed by atoms with Crippen molar-refractivity contribution in [1.29, 1.82) is 0 Å². The van der Waals surface area contributed by atoms with Gasteiger partial charge in [0, 0.05) is 170 Å². The first-order valence-corrected chi connectivity index (χ1v) is 40.8. The fraction of sp³-hybridized carbons (Fsp3) is 0.341. The summed E-state index contributed by atoms with van der Waals surface area (Å²) in [5.41, 5.74) is 9.87. The van der Waals surface area contributed by atoms with E-state index in [4.69, 9.17) is 44.8 Å². The van der Waals surface area contributed by atoms with Crippen molar-refractivity contribution in [3.05, 3.63) is 134 Å². The van der Waals surface area contributed by atoms with Gasteiger partial charge in [-0.25, -0.2) is 38.7 Å². The number of hydrogen-bond donors (Lipinski definition) is 10. The fourth-order valence-corrected chi connectivity index (χ4v) is 14.8. The van der Waals surface area contributed by atoms with Gasteiger partial charge in [0.1, 0.15) is 107 Å². The molecule has 2 aromatic carbocycles. The number of amides is 4. The minimum absolute atomic E-state index is 0.0408. The molecule has 0 unspecified atom stereocenters. The van der Waals surface area contributed by atoms with Crippen molar-refractivity contribution in [2.75, 3.05) is 134 Å². The average molecular weight is 1680 g/mol. The predicted octanol–water partition coefficient (Wildman–Crippen LogP) is 13.7. The zero-order chi connectivity index (χ0) is 85.6. The Morgan fingerprint density at radius 2 is 0.797 bits per heavy atom. The van der Waals surface area contributed by atoms with Gasteiger partial charge < -0.3 is 90.7 Å². The summed E-state index contributed by atoms with van der Waals surface area (Å²) in [6, 6.07) is 21.7. The maximum atomic E-state index is 14.5.